The summed E-state index contributed by atoms with van der Waals surface area (Å²) in [7, 11) is -2.30. The summed E-state index contributed by atoms with van der Waals surface area (Å²) in [6.45, 7) is 18.9. The van der Waals surface area contributed by atoms with E-state index in [0.29, 0.717) is 0 Å². The van der Waals surface area contributed by atoms with Gasteiger partial charge in [0.25, 0.3) is 0 Å². The Hall–Kier alpha value is -0.346. The molecule has 1 atom stereocenters. The van der Waals surface area contributed by atoms with Crippen LogP contribution in [0.5, 0.6) is 0 Å². The van der Waals surface area contributed by atoms with E-state index in [4.69, 9.17) is 0 Å². The molecular formula is C20H38Si2. The Kier molecular flexibility index (Phi) is 7.60. The van der Waals surface area contributed by atoms with Crippen molar-refractivity contribution in [2.45, 2.75) is 84.2 Å². The van der Waals surface area contributed by atoms with Crippen LogP contribution in [0.15, 0.2) is 35.2 Å². The van der Waals surface area contributed by atoms with Gasteiger partial charge in [0.2, 0.25) is 0 Å². The van der Waals surface area contributed by atoms with Crippen LogP contribution in [0.4, 0.5) is 0 Å². The lowest BCUT2D eigenvalue weighted by molar-refractivity contribution is 0.514. The second-order valence-corrected chi connectivity index (χ2v) is 19.2. The summed E-state index contributed by atoms with van der Waals surface area (Å²) in [5, 5.41) is 3.60. The van der Waals surface area contributed by atoms with E-state index in [0.717, 1.165) is 5.92 Å². The predicted molar refractivity (Wildman–Crippen MR) is 109 cm³/mol. The third kappa shape index (κ3) is 6.41. The maximum atomic E-state index is 3.81. The molecule has 0 radical (unpaired) electrons. The van der Waals surface area contributed by atoms with Crippen molar-refractivity contribution in [2.24, 2.45) is 5.92 Å². The minimum atomic E-state index is -1.17. The van der Waals surface area contributed by atoms with Crippen LogP contribution in [-0.4, -0.2) is 16.1 Å². The lowest BCUT2D eigenvalue weighted by Gasteiger charge is -2.35. The van der Waals surface area contributed by atoms with Crippen LogP contribution >= 0.6 is 0 Å². The Morgan fingerprint density at radius 3 is 2.14 bits per heavy atom. The topological polar surface area (TPSA) is 0 Å². The first kappa shape index (κ1) is 19.7. The average molecular weight is 335 g/mol. The maximum absolute atomic E-state index is 3.81. The van der Waals surface area contributed by atoms with Gasteiger partial charge < -0.3 is 0 Å². The molecule has 0 aromatic rings. The zero-order valence-corrected chi connectivity index (χ0v) is 18.0. The van der Waals surface area contributed by atoms with Gasteiger partial charge in [-0.15, -0.1) is 6.58 Å². The minimum absolute atomic E-state index is 0.845. The number of hydrogen-bond acceptors (Lipinski definition) is 0. The van der Waals surface area contributed by atoms with Crippen LogP contribution in [0.3, 0.4) is 0 Å². The molecule has 1 aliphatic rings. The molecule has 0 nitrogen and oxygen atoms in total. The first-order valence-electron chi connectivity index (χ1n) is 9.19. The van der Waals surface area contributed by atoms with E-state index < -0.39 is 16.1 Å². The molecule has 1 unspecified atom stereocenters. The summed E-state index contributed by atoms with van der Waals surface area (Å²) in [6.07, 6.45) is 16.5. The largest absolute Gasteiger partial charge is 0.103 e. The van der Waals surface area contributed by atoms with Crippen molar-refractivity contribution in [1.82, 2.24) is 0 Å². The Balaban J connectivity index is 2.64. The third-order valence-electron chi connectivity index (χ3n) is 4.91. The van der Waals surface area contributed by atoms with E-state index in [-0.39, 0.29) is 0 Å². The molecule has 0 saturated carbocycles. The summed E-state index contributed by atoms with van der Waals surface area (Å²) in [5.41, 5.74) is 0. The van der Waals surface area contributed by atoms with E-state index >= 15 is 0 Å². The predicted octanol–water partition coefficient (Wildman–Crippen LogP) is 7.14. The molecule has 126 valence electrons. The minimum Gasteiger partial charge on any atom is -0.103 e. The monoisotopic (exact) mass is 334 g/mol. The highest BCUT2D eigenvalue weighted by molar-refractivity contribution is 6.84. The molecule has 0 bridgehead atoms. The molecule has 0 amide bonds. The quantitative estimate of drug-likeness (QED) is 0.239. The normalized spacial score (nSPS) is 19.6. The highest BCUT2D eigenvalue weighted by Crippen LogP contribution is 2.37. The van der Waals surface area contributed by atoms with Crippen molar-refractivity contribution in [2.75, 3.05) is 0 Å². The van der Waals surface area contributed by atoms with Crippen molar-refractivity contribution >= 4 is 16.1 Å². The second kappa shape index (κ2) is 8.49. The zero-order valence-electron chi connectivity index (χ0n) is 16.0. The maximum Gasteiger partial charge on any atom is 0.0728 e. The van der Waals surface area contributed by atoms with Gasteiger partial charge in [-0.3, -0.25) is 0 Å². The summed E-state index contributed by atoms with van der Waals surface area (Å²) < 4.78 is 0. The van der Waals surface area contributed by atoms with Gasteiger partial charge in [-0.25, -0.2) is 0 Å². The number of hydrogen-bond donors (Lipinski definition) is 0. The van der Waals surface area contributed by atoms with Crippen molar-refractivity contribution < 1.29 is 0 Å². The van der Waals surface area contributed by atoms with Gasteiger partial charge in [0.1, 0.15) is 0 Å². The van der Waals surface area contributed by atoms with E-state index in [9.17, 15) is 0 Å². The highest BCUT2D eigenvalue weighted by Gasteiger charge is 2.32. The fourth-order valence-corrected chi connectivity index (χ4v) is 6.98. The third-order valence-corrected chi connectivity index (χ3v) is 9.51. The highest BCUT2D eigenvalue weighted by atomic mass is 28.3. The Morgan fingerprint density at radius 2 is 1.59 bits per heavy atom. The van der Waals surface area contributed by atoms with Crippen molar-refractivity contribution in [1.29, 1.82) is 0 Å². The molecule has 0 N–H and O–H groups in total. The SMILES string of the molecule is C=CCCCCCCC1CC([Si](C)(C)C)=CC=C1[Si](C)(C)C. The first-order valence-corrected chi connectivity index (χ1v) is 16.2. The average Bonchev–Trinajstić information content (AvgIpc) is 2.40. The number of unbranched alkanes of at least 4 members (excludes halogenated alkanes) is 4. The Bertz CT molecular complexity index is 416. The zero-order chi connectivity index (χ0) is 16.8. The molecule has 22 heavy (non-hydrogen) atoms. The van der Waals surface area contributed by atoms with Gasteiger partial charge in [-0.1, -0.05) is 87.2 Å². The number of rotatable bonds is 9. The van der Waals surface area contributed by atoms with Crippen LogP contribution in [0, 0.1) is 5.92 Å². The molecule has 2 heteroatoms. The molecule has 1 rings (SSSR count). The molecule has 0 aromatic heterocycles. The van der Waals surface area contributed by atoms with Crippen molar-refractivity contribution in [3.05, 3.63) is 35.2 Å². The van der Waals surface area contributed by atoms with Crippen LogP contribution in [0.2, 0.25) is 39.3 Å². The summed E-state index contributed by atoms with van der Waals surface area (Å²) in [6, 6.07) is 0. The van der Waals surface area contributed by atoms with Gasteiger partial charge in [-0.2, -0.15) is 0 Å². The molecule has 1 aliphatic carbocycles. The van der Waals surface area contributed by atoms with Crippen molar-refractivity contribution in [3.8, 4) is 0 Å². The Morgan fingerprint density at radius 1 is 0.955 bits per heavy atom. The summed E-state index contributed by atoms with van der Waals surface area (Å²) in [4.78, 5) is 0. The fourth-order valence-electron chi connectivity index (χ4n) is 3.48. The summed E-state index contributed by atoms with van der Waals surface area (Å²) in [5.74, 6) is 0.845. The number of allylic oxidation sites excluding steroid dienone is 5. The van der Waals surface area contributed by atoms with E-state index in [2.05, 4.69) is 64.1 Å². The molecule has 0 fully saturated rings. The first-order chi connectivity index (χ1) is 10.2. The molecule has 0 saturated heterocycles. The Labute approximate surface area is 141 Å². The lowest BCUT2D eigenvalue weighted by Crippen LogP contribution is -2.34. The standard InChI is InChI=1S/C20H38Si2/c1-8-9-10-11-12-13-14-18-17-19(21(2,3)4)15-16-20(18)22(5,6)7/h8,15-16,18H,1,9-14,17H2,2-7H3. The van der Waals surface area contributed by atoms with E-state index in [1.165, 1.54) is 44.9 Å². The van der Waals surface area contributed by atoms with Gasteiger partial charge >= 0.3 is 0 Å². The van der Waals surface area contributed by atoms with Gasteiger partial charge in [-0.05, 0) is 31.6 Å². The molecule has 0 aliphatic heterocycles. The molecule has 0 heterocycles. The van der Waals surface area contributed by atoms with E-state index in [1.54, 1.807) is 5.20 Å². The van der Waals surface area contributed by atoms with Gasteiger partial charge in [0.15, 0.2) is 0 Å². The van der Waals surface area contributed by atoms with Crippen molar-refractivity contribution in [3.63, 3.8) is 0 Å². The smallest absolute Gasteiger partial charge is 0.0728 e. The molecule has 0 spiro atoms. The van der Waals surface area contributed by atoms with E-state index in [1.807, 2.05) is 5.20 Å². The molecular weight excluding hydrogens is 296 g/mol. The van der Waals surface area contributed by atoms with Crippen LogP contribution in [-0.2, 0) is 0 Å². The van der Waals surface area contributed by atoms with Crippen LogP contribution < -0.4 is 0 Å². The fraction of sp³-hybridized carbons (Fsp3) is 0.700. The van der Waals surface area contributed by atoms with Gasteiger partial charge in [0.05, 0.1) is 16.1 Å². The summed E-state index contributed by atoms with van der Waals surface area (Å²) >= 11 is 0. The lowest BCUT2D eigenvalue weighted by atomic mass is 9.93. The van der Waals surface area contributed by atoms with Gasteiger partial charge in [0, 0.05) is 0 Å². The second-order valence-electron chi connectivity index (χ2n) is 9.00. The van der Waals surface area contributed by atoms with Crippen LogP contribution in [0.1, 0.15) is 44.9 Å². The molecule has 0 aromatic carbocycles. The van der Waals surface area contributed by atoms with Crippen LogP contribution in [0.25, 0.3) is 0 Å².